The van der Waals surface area contributed by atoms with Gasteiger partial charge in [-0.2, -0.15) is 13.2 Å². The number of nitrogens with two attached hydrogens (primary N) is 1. The van der Waals surface area contributed by atoms with E-state index in [1.165, 1.54) is 11.9 Å². The summed E-state index contributed by atoms with van der Waals surface area (Å²) in [5, 5.41) is 3.02. The van der Waals surface area contributed by atoms with Crippen LogP contribution in [0.4, 0.5) is 30.5 Å². The highest BCUT2D eigenvalue weighted by Gasteiger charge is 2.38. The van der Waals surface area contributed by atoms with E-state index in [9.17, 15) is 26.4 Å². The van der Waals surface area contributed by atoms with Crippen molar-refractivity contribution in [2.45, 2.75) is 36.9 Å². The van der Waals surface area contributed by atoms with Gasteiger partial charge in [-0.05, 0) is 42.7 Å². The fourth-order valence-electron chi connectivity index (χ4n) is 4.68. The first-order valence-electron chi connectivity index (χ1n) is 12.3. The molecule has 1 aromatic carbocycles. The summed E-state index contributed by atoms with van der Waals surface area (Å²) in [4.78, 5) is 23.8. The van der Waals surface area contributed by atoms with E-state index in [1.807, 2.05) is 25.1 Å². The number of aryl methyl sites for hydroxylation is 1. The number of carbonyl (C=O) groups excluding carboxylic acids is 1. The second kappa shape index (κ2) is 10.1. The molecule has 39 heavy (non-hydrogen) atoms. The molecule has 3 N–H and O–H groups in total. The van der Waals surface area contributed by atoms with Crippen molar-refractivity contribution in [3.05, 3.63) is 46.5 Å². The molecule has 2 aliphatic heterocycles. The van der Waals surface area contributed by atoms with E-state index in [4.69, 9.17) is 5.73 Å². The van der Waals surface area contributed by atoms with E-state index in [1.54, 1.807) is 0 Å². The van der Waals surface area contributed by atoms with Crippen molar-refractivity contribution >= 4 is 44.4 Å². The molecule has 2 aromatic heterocycles. The molecule has 1 unspecified atom stereocenters. The van der Waals surface area contributed by atoms with Crippen molar-refractivity contribution in [1.29, 1.82) is 0 Å². The van der Waals surface area contributed by atoms with Gasteiger partial charge in [0.1, 0.15) is 10.4 Å². The Morgan fingerprint density at radius 2 is 2.00 bits per heavy atom. The normalized spacial score (nSPS) is 19.2. The fourth-order valence-corrected chi connectivity index (χ4v) is 7.72. The van der Waals surface area contributed by atoms with Crippen LogP contribution in [0.3, 0.4) is 0 Å². The lowest BCUT2D eigenvalue weighted by Crippen LogP contribution is -2.27. The van der Waals surface area contributed by atoms with Crippen LogP contribution >= 0.6 is 11.3 Å². The van der Waals surface area contributed by atoms with Crippen molar-refractivity contribution in [3.8, 4) is 10.6 Å². The minimum atomic E-state index is -4.80. The molecule has 2 aliphatic rings. The molecule has 9 nitrogen and oxygen atoms in total. The highest BCUT2D eigenvalue weighted by Crippen LogP contribution is 2.42. The largest absolute Gasteiger partial charge is 0.420 e. The summed E-state index contributed by atoms with van der Waals surface area (Å²) in [5.41, 5.74) is 6.98. The van der Waals surface area contributed by atoms with Gasteiger partial charge < -0.3 is 20.9 Å². The number of amides is 1. The van der Waals surface area contributed by atoms with Crippen LogP contribution < -0.4 is 16.0 Å². The third kappa shape index (κ3) is 5.32. The van der Waals surface area contributed by atoms with E-state index in [0.29, 0.717) is 29.6 Å². The molecule has 3 aromatic rings. The lowest BCUT2D eigenvalue weighted by atomic mass is 10.1. The molecule has 14 heteroatoms. The topological polar surface area (TPSA) is 122 Å². The number of thiophene rings is 1. The number of anilines is 3. The summed E-state index contributed by atoms with van der Waals surface area (Å²) in [7, 11) is -2.41. The van der Waals surface area contributed by atoms with Gasteiger partial charge in [0.15, 0.2) is 9.84 Å². The molecule has 4 heterocycles. The number of nitrogens with zero attached hydrogens (tertiary/aromatic N) is 4. The molecule has 0 radical (unpaired) electrons. The van der Waals surface area contributed by atoms with E-state index in [-0.39, 0.29) is 38.9 Å². The number of aromatic nitrogens is 2. The molecule has 0 spiro atoms. The summed E-state index contributed by atoms with van der Waals surface area (Å²) in [6, 6.07) is 6.97. The Morgan fingerprint density at radius 3 is 2.67 bits per heavy atom. The maximum absolute atomic E-state index is 14.0. The molecule has 1 fully saturated rings. The molecule has 1 amide bonds. The molecule has 1 atom stereocenters. The average Bonchev–Trinajstić information content (AvgIpc) is 3.52. The quantitative estimate of drug-likeness (QED) is 0.466. The Kier molecular flexibility index (Phi) is 7.06. The third-order valence-corrected chi connectivity index (χ3v) is 9.87. The minimum Gasteiger partial charge on any atom is -0.370 e. The van der Waals surface area contributed by atoms with Crippen LogP contribution in [0.25, 0.3) is 10.6 Å². The highest BCUT2D eigenvalue weighted by atomic mass is 32.2. The molecule has 0 aliphatic carbocycles. The lowest BCUT2D eigenvalue weighted by Gasteiger charge is -2.20. The number of hydrogen-bond acceptors (Lipinski definition) is 9. The van der Waals surface area contributed by atoms with Gasteiger partial charge in [-0.25, -0.2) is 18.4 Å². The maximum Gasteiger partial charge on any atom is 0.420 e. The standard InChI is InChI=1S/C25H27F3N6O3S2/c1-3-14-10-16(34-7-6-15(29)13-34)4-5-18(14)31-24-30-12-17(25(26,27)28)21(32-24)19-11-20-22(38-19)23(35)33(2)8-9-39(20,36)37/h4-5,10-12,15H,3,6-9,13,29H2,1-2H3,(H,30,31,32). The van der Waals surface area contributed by atoms with Gasteiger partial charge >= 0.3 is 6.18 Å². The van der Waals surface area contributed by atoms with Gasteiger partial charge in [0, 0.05) is 50.3 Å². The van der Waals surface area contributed by atoms with Crippen molar-refractivity contribution in [1.82, 2.24) is 14.9 Å². The van der Waals surface area contributed by atoms with Gasteiger partial charge in [-0.3, -0.25) is 4.79 Å². The smallest absolute Gasteiger partial charge is 0.370 e. The zero-order valence-corrected chi connectivity index (χ0v) is 22.9. The molecule has 0 saturated carbocycles. The van der Waals surface area contributed by atoms with E-state index in [0.717, 1.165) is 36.8 Å². The molecule has 0 bridgehead atoms. The molecule has 5 rings (SSSR count). The summed E-state index contributed by atoms with van der Waals surface area (Å²) in [6.07, 6.45) is -2.58. The van der Waals surface area contributed by atoms with Crippen LogP contribution in [0.2, 0.25) is 0 Å². The van der Waals surface area contributed by atoms with Crippen LogP contribution in [0.5, 0.6) is 0 Å². The molecular weight excluding hydrogens is 553 g/mol. The number of alkyl halides is 3. The second-order valence-corrected chi connectivity index (χ2v) is 12.7. The highest BCUT2D eigenvalue weighted by molar-refractivity contribution is 7.91. The summed E-state index contributed by atoms with van der Waals surface area (Å²) in [5.74, 6) is -0.964. The number of fused-ring (bicyclic) bond motifs is 1. The Balaban J connectivity index is 1.55. The number of sulfone groups is 1. The minimum absolute atomic E-state index is 0.00358. The Morgan fingerprint density at radius 1 is 1.23 bits per heavy atom. The fraction of sp³-hybridized carbons (Fsp3) is 0.400. The zero-order chi connectivity index (χ0) is 28.1. The van der Waals surface area contributed by atoms with Crippen LogP contribution in [0.1, 0.15) is 34.1 Å². The van der Waals surface area contributed by atoms with Gasteiger partial charge in [-0.15, -0.1) is 11.3 Å². The number of benzene rings is 1. The summed E-state index contributed by atoms with van der Waals surface area (Å²) in [6.45, 7) is 3.56. The zero-order valence-electron chi connectivity index (χ0n) is 21.2. The van der Waals surface area contributed by atoms with Crippen molar-refractivity contribution in [3.63, 3.8) is 0 Å². The number of hydrogen-bond donors (Lipinski definition) is 2. The number of nitrogens with one attached hydrogen (secondary N) is 1. The Hall–Kier alpha value is -3.23. The predicted octanol–water partition coefficient (Wildman–Crippen LogP) is 3.93. The number of carbonyl (C=O) groups is 1. The first-order chi connectivity index (χ1) is 18.4. The van der Waals surface area contributed by atoms with Crippen molar-refractivity contribution in [2.75, 3.05) is 42.7 Å². The number of halogens is 3. The first-order valence-corrected chi connectivity index (χ1v) is 14.8. The monoisotopic (exact) mass is 580 g/mol. The van der Waals surface area contributed by atoms with Crippen LogP contribution in [0.15, 0.2) is 35.4 Å². The SMILES string of the molecule is CCc1cc(N2CCC(N)C2)ccc1Nc1ncc(C(F)(F)F)c(-c2cc3c(s2)C(=O)N(C)CCS3(=O)=O)n1. The molecule has 1 saturated heterocycles. The Bertz CT molecular complexity index is 1540. The van der Waals surface area contributed by atoms with Gasteiger partial charge in [0.25, 0.3) is 5.91 Å². The average molecular weight is 581 g/mol. The lowest BCUT2D eigenvalue weighted by molar-refractivity contribution is -0.137. The maximum atomic E-state index is 14.0. The third-order valence-electron chi connectivity index (χ3n) is 6.90. The van der Waals surface area contributed by atoms with Crippen LogP contribution in [-0.4, -0.2) is 67.7 Å². The van der Waals surface area contributed by atoms with Gasteiger partial charge in [0.05, 0.1) is 21.2 Å². The van der Waals surface area contributed by atoms with E-state index >= 15 is 0 Å². The van der Waals surface area contributed by atoms with Gasteiger partial charge in [-0.1, -0.05) is 6.92 Å². The predicted molar refractivity (Wildman–Crippen MR) is 143 cm³/mol. The van der Waals surface area contributed by atoms with Crippen molar-refractivity contribution < 1.29 is 26.4 Å². The summed E-state index contributed by atoms with van der Waals surface area (Å²) < 4.78 is 67.5. The molecular formula is C25H27F3N6O3S2. The summed E-state index contributed by atoms with van der Waals surface area (Å²) >= 11 is 0.681. The van der Waals surface area contributed by atoms with Crippen molar-refractivity contribution in [2.24, 2.45) is 5.73 Å². The van der Waals surface area contributed by atoms with Gasteiger partial charge in [0.2, 0.25) is 5.95 Å². The van der Waals surface area contributed by atoms with E-state index < -0.39 is 33.2 Å². The Labute approximate surface area is 227 Å². The van der Waals surface area contributed by atoms with Crippen LogP contribution in [0, 0.1) is 0 Å². The first kappa shape index (κ1) is 27.3. The van der Waals surface area contributed by atoms with Crippen LogP contribution in [-0.2, 0) is 22.4 Å². The van der Waals surface area contributed by atoms with E-state index in [2.05, 4.69) is 20.2 Å². The molecule has 208 valence electrons. The number of rotatable bonds is 5. The second-order valence-electron chi connectivity index (χ2n) is 9.62.